The summed E-state index contributed by atoms with van der Waals surface area (Å²) in [4.78, 5) is 16.4. The summed E-state index contributed by atoms with van der Waals surface area (Å²) < 4.78 is 12.7. The second kappa shape index (κ2) is 7.55. The Morgan fingerprint density at radius 1 is 1.14 bits per heavy atom. The van der Waals surface area contributed by atoms with Crippen LogP contribution >= 0.6 is 0 Å². The molecule has 0 saturated heterocycles. The molecule has 7 nitrogen and oxygen atoms in total. The molecule has 0 atom stereocenters. The fraction of sp³-hybridized carbons (Fsp3) is 0.0909. The van der Waals surface area contributed by atoms with Crippen LogP contribution in [0, 0.1) is 6.92 Å². The lowest BCUT2D eigenvalue weighted by molar-refractivity contribution is 0.415. The zero-order valence-corrected chi connectivity index (χ0v) is 16.0. The Bertz CT molecular complexity index is 1230. The van der Waals surface area contributed by atoms with E-state index in [2.05, 4.69) is 10.3 Å². The average Bonchev–Trinajstić information content (AvgIpc) is 3.18. The fourth-order valence-electron chi connectivity index (χ4n) is 3.00. The van der Waals surface area contributed by atoms with Crippen molar-refractivity contribution in [2.24, 2.45) is 0 Å². The van der Waals surface area contributed by atoms with E-state index in [1.54, 1.807) is 43.8 Å². The van der Waals surface area contributed by atoms with Gasteiger partial charge >= 0.3 is 0 Å². The van der Waals surface area contributed by atoms with E-state index < -0.39 is 0 Å². The van der Waals surface area contributed by atoms with Crippen molar-refractivity contribution < 1.29 is 9.15 Å². The van der Waals surface area contributed by atoms with Crippen molar-refractivity contribution in [3.8, 4) is 22.8 Å². The van der Waals surface area contributed by atoms with Gasteiger partial charge in [0.2, 0.25) is 0 Å². The molecule has 2 aromatic heterocycles. The van der Waals surface area contributed by atoms with Crippen LogP contribution in [0.3, 0.4) is 0 Å². The summed E-state index contributed by atoms with van der Waals surface area (Å²) in [5, 5.41) is 3.16. The minimum atomic E-state index is -0.141. The van der Waals surface area contributed by atoms with E-state index >= 15 is 0 Å². The van der Waals surface area contributed by atoms with E-state index in [0.717, 1.165) is 22.6 Å². The molecule has 0 spiro atoms. The van der Waals surface area contributed by atoms with E-state index in [4.69, 9.17) is 14.9 Å². The summed E-state index contributed by atoms with van der Waals surface area (Å²) in [6.07, 6.45) is 3.31. The SMILES string of the molecule is COc1ccc(C)c(Nc2ncc(-c3cc(N)cc(-n4ccccc4=O)c3)o2)c1. The van der Waals surface area contributed by atoms with Crippen LogP contribution in [-0.2, 0) is 0 Å². The minimum Gasteiger partial charge on any atom is -0.497 e. The van der Waals surface area contributed by atoms with E-state index in [9.17, 15) is 4.79 Å². The first-order valence-corrected chi connectivity index (χ1v) is 9.00. The van der Waals surface area contributed by atoms with Crippen molar-refractivity contribution in [2.75, 3.05) is 18.2 Å². The lowest BCUT2D eigenvalue weighted by Crippen LogP contribution is -2.15. The van der Waals surface area contributed by atoms with Crippen LogP contribution in [0.5, 0.6) is 5.75 Å². The highest BCUT2D eigenvalue weighted by atomic mass is 16.5. The Morgan fingerprint density at radius 2 is 2.00 bits per heavy atom. The third-order valence-electron chi connectivity index (χ3n) is 4.52. The van der Waals surface area contributed by atoms with Gasteiger partial charge in [0, 0.05) is 35.3 Å². The van der Waals surface area contributed by atoms with E-state index in [-0.39, 0.29) is 5.56 Å². The number of methoxy groups -OCH3 is 1. The molecular formula is C22H20N4O3. The number of ether oxygens (including phenoxy) is 1. The number of pyridine rings is 1. The standard InChI is InChI=1S/C22H20N4O3/c1-14-6-7-18(28-2)12-19(14)25-22-24-13-20(29-22)15-9-16(23)11-17(10-15)26-8-4-3-5-21(26)27/h3-13H,23H2,1-2H3,(H,24,25). The molecule has 0 radical (unpaired) electrons. The van der Waals surface area contributed by atoms with Crippen LogP contribution in [0.1, 0.15) is 5.56 Å². The molecule has 0 amide bonds. The maximum Gasteiger partial charge on any atom is 0.299 e. The van der Waals surface area contributed by atoms with Crippen molar-refractivity contribution in [3.05, 3.63) is 82.9 Å². The topological polar surface area (TPSA) is 95.3 Å². The monoisotopic (exact) mass is 388 g/mol. The third-order valence-corrected chi connectivity index (χ3v) is 4.52. The lowest BCUT2D eigenvalue weighted by atomic mass is 10.1. The summed E-state index contributed by atoms with van der Waals surface area (Å²) in [7, 11) is 1.62. The van der Waals surface area contributed by atoms with Gasteiger partial charge in [0.25, 0.3) is 11.6 Å². The Kier molecular flexibility index (Phi) is 4.78. The molecule has 3 N–H and O–H groups in total. The molecule has 0 aliphatic rings. The van der Waals surface area contributed by atoms with Gasteiger partial charge in [0.15, 0.2) is 5.76 Å². The molecule has 29 heavy (non-hydrogen) atoms. The predicted molar refractivity (Wildman–Crippen MR) is 113 cm³/mol. The second-order valence-corrected chi connectivity index (χ2v) is 6.56. The lowest BCUT2D eigenvalue weighted by Gasteiger charge is -2.09. The molecule has 0 unspecified atom stereocenters. The number of rotatable bonds is 5. The summed E-state index contributed by atoms with van der Waals surface area (Å²) in [5.41, 5.74) is 9.67. The number of aromatic nitrogens is 2. The van der Waals surface area contributed by atoms with Crippen LogP contribution in [0.15, 0.2) is 76.2 Å². The van der Waals surface area contributed by atoms with Gasteiger partial charge in [-0.3, -0.25) is 9.36 Å². The molecule has 2 aromatic carbocycles. The Balaban J connectivity index is 1.67. The molecule has 2 heterocycles. The molecule has 0 fully saturated rings. The quantitative estimate of drug-likeness (QED) is 0.499. The molecule has 0 aliphatic carbocycles. The molecule has 0 aliphatic heterocycles. The van der Waals surface area contributed by atoms with Gasteiger partial charge in [-0.2, -0.15) is 0 Å². The van der Waals surface area contributed by atoms with Crippen molar-refractivity contribution >= 4 is 17.4 Å². The number of nitrogens with one attached hydrogen (secondary N) is 1. The number of hydrogen-bond acceptors (Lipinski definition) is 6. The van der Waals surface area contributed by atoms with E-state index in [1.807, 2.05) is 31.2 Å². The van der Waals surface area contributed by atoms with Gasteiger partial charge in [0.05, 0.1) is 19.0 Å². The largest absolute Gasteiger partial charge is 0.497 e. The Hall–Kier alpha value is -4.00. The van der Waals surface area contributed by atoms with Gasteiger partial charge in [-0.25, -0.2) is 4.98 Å². The number of nitrogen functional groups attached to an aromatic ring is 1. The highest BCUT2D eigenvalue weighted by Gasteiger charge is 2.11. The summed E-state index contributed by atoms with van der Waals surface area (Å²) in [6.45, 7) is 1.98. The molecular weight excluding hydrogens is 368 g/mol. The number of aryl methyl sites for hydroxylation is 1. The Morgan fingerprint density at radius 3 is 2.79 bits per heavy atom. The normalized spacial score (nSPS) is 10.7. The molecule has 146 valence electrons. The van der Waals surface area contributed by atoms with Crippen molar-refractivity contribution in [3.63, 3.8) is 0 Å². The zero-order valence-electron chi connectivity index (χ0n) is 16.0. The molecule has 0 bridgehead atoms. The van der Waals surface area contributed by atoms with Gasteiger partial charge in [-0.15, -0.1) is 0 Å². The smallest absolute Gasteiger partial charge is 0.299 e. The highest BCUT2D eigenvalue weighted by Crippen LogP contribution is 2.30. The van der Waals surface area contributed by atoms with Crippen molar-refractivity contribution in [2.45, 2.75) is 6.92 Å². The molecule has 7 heteroatoms. The Labute approximate surface area is 167 Å². The second-order valence-electron chi connectivity index (χ2n) is 6.56. The predicted octanol–water partition coefficient (Wildman–Crippen LogP) is 4.14. The van der Waals surface area contributed by atoms with Gasteiger partial charge < -0.3 is 20.2 Å². The first-order valence-electron chi connectivity index (χ1n) is 9.00. The van der Waals surface area contributed by atoms with Crippen LogP contribution in [0.4, 0.5) is 17.4 Å². The van der Waals surface area contributed by atoms with Crippen molar-refractivity contribution in [1.29, 1.82) is 0 Å². The van der Waals surface area contributed by atoms with Crippen LogP contribution in [0.25, 0.3) is 17.0 Å². The summed E-state index contributed by atoms with van der Waals surface area (Å²) in [5.74, 6) is 1.27. The van der Waals surface area contributed by atoms with Gasteiger partial charge in [0.1, 0.15) is 5.75 Å². The first-order chi connectivity index (χ1) is 14.0. The minimum absolute atomic E-state index is 0.141. The summed E-state index contributed by atoms with van der Waals surface area (Å²) >= 11 is 0. The number of nitrogens with zero attached hydrogens (tertiary/aromatic N) is 2. The van der Waals surface area contributed by atoms with Crippen LogP contribution in [0.2, 0.25) is 0 Å². The number of anilines is 3. The fourth-order valence-corrected chi connectivity index (χ4v) is 3.00. The van der Waals surface area contributed by atoms with E-state index in [0.29, 0.717) is 23.1 Å². The number of oxazole rings is 1. The number of nitrogens with two attached hydrogens (primary N) is 1. The van der Waals surface area contributed by atoms with Gasteiger partial charge in [-0.05, 0) is 42.8 Å². The number of benzene rings is 2. The molecule has 4 aromatic rings. The maximum absolute atomic E-state index is 12.1. The first kappa shape index (κ1) is 18.4. The molecule has 0 saturated carbocycles. The maximum atomic E-state index is 12.1. The highest BCUT2D eigenvalue weighted by molar-refractivity contribution is 5.68. The van der Waals surface area contributed by atoms with Crippen molar-refractivity contribution in [1.82, 2.24) is 9.55 Å². The van der Waals surface area contributed by atoms with Gasteiger partial charge in [-0.1, -0.05) is 12.1 Å². The summed E-state index contributed by atoms with van der Waals surface area (Å²) in [6, 6.07) is 16.4. The zero-order chi connectivity index (χ0) is 20.4. The average molecular weight is 388 g/mol. The number of hydrogen-bond donors (Lipinski definition) is 2. The van der Waals surface area contributed by atoms with Crippen LogP contribution in [-0.4, -0.2) is 16.7 Å². The molecule has 4 rings (SSSR count). The van der Waals surface area contributed by atoms with Crippen LogP contribution < -0.4 is 21.3 Å². The van der Waals surface area contributed by atoms with E-state index in [1.165, 1.54) is 10.6 Å². The third kappa shape index (κ3) is 3.84.